The number of carbonyl (C=O) groups is 7. The van der Waals surface area contributed by atoms with Crippen LogP contribution in [0.25, 0.3) is 0 Å². The summed E-state index contributed by atoms with van der Waals surface area (Å²) in [5, 5.41) is 16.0. The SMILES string of the molecule is NC(=O)CCC(NC(=O)C(N)CC(N)=O)C(=O)NC(CC(N)=O)C(=O)NC(Cc1cnc[nH]1)C(=O)O. The zero-order chi connectivity index (χ0) is 27.4. The minimum Gasteiger partial charge on any atom is -0.480 e. The van der Waals surface area contributed by atoms with Crippen LogP contribution < -0.4 is 38.9 Å². The largest absolute Gasteiger partial charge is 0.480 e. The molecule has 17 heteroatoms. The number of carboxylic acids is 1. The fourth-order valence-electron chi connectivity index (χ4n) is 2.92. The van der Waals surface area contributed by atoms with E-state index in [2.05, 4.69) is 25.9 Å². The van der Waals surface area contributed by atoms with Gasteiger partial charge in [-0.2, -0.15) is 0 Å². The first-order valence-electron chi connectivity index (χ1n) is 10.5. The van der Waals surface area contributed by atoms with Crippen LogP contribution in [0.15, 0.2) is 12.5 Å². The number of primary amides is 3. The Morgan fingerprint density at radius 2 is 1.39 bits per heavy atom. The maximum atomic E-state index is 12.8. The molecule has 0 aliphatic rings. The minimum absolute atomic E-state index is 0.187. The second-order valence-electron chi connectivity index (χ2n) is 7.76. The summed E-state index contributed by atoms with van der Waals surface area (Å²) < 4.78 is 0. The second-order valence-corrected chi connectivity index (χ2v) is 7.76. The monoisotopic (exact) mass is 511 g/mol. The van der Waals surface area contributed by atoms with Gasteiger partial charge in [0.05, 0.1) is 25.2 Å². The number of nitrogens with zero attached hydrogens (tertiary/aromatic N) is 1. The molecule has 0 fully saturated rings. The molecule has 36 heavy (non-hydrogen) atoms. The van der Waals surface area contributed by atoms with Crippen molar-refractivity contribution in [3.8, 4) is 0 Å². The number of hydrogen-bond donors (Lipinski definition) is 9. The van der Waals surface area contributed by atoms with Crippen molar-refractivity contribution in [2.24, 2.45) is 22.9 Å². The molecule has 0 spiro atoms. The van der Waals surface area contributed by atoms with Gasteiger partial charge in [-0.05, 0) is 6.42 Å². The summed E-state index contributed by atoms with van der Waals surface area (Å²) in [6, 6.07) is -5.96. The third-order valence-electron chi connectivity index (χ3n) is 4.70. The fourth-order valence-corrected chi connectivity index (χ4v) is 2.92. The molecule has 1 heterocycles. The Morgan fingerprint density at radius 3 is 1.89 bits per heavy atom. The molecule has 17 nitrogen and oxygen atoms in total. The predicted molar refractivity (Wildman–Crippen MR) is 120 cm³/mol. The first kappa shape index (κ1) is 29.5. The van der Waals surface area contributed by atoms with E-state index in [0.29, 0.717) is 5.69 Å². The third-order valence-corrected chi connectivity index (χ3v) is 4.70. The van der Waals surface area contributed by atoms with Crippen molar-refractivity contribution in [1.82, 2.24) is 25.9 Å². The van der Waals surface area contributed by atoms with Crippen molar-refractivity contribution in [2.75, 3.05) is 0 Å². The smallest absolute Gasteiger partial charge is 0.326 e. The third kappa shape index (κ3) is 10.6. The van der Waals surface area contributed by atoms with Gasteiger partial charge in [-0.15, -0.1) is 0 Å². The van der Waals surface area contributed by atoms with Crippen molar-refractivity contribution in [3.63, 3.8) is 0 Å². The Labute approximate surface area is 204 Å². The van der Waals surface area contributed by atoms with Gasteiger partial charge in [-0.1, -0.05) is 0 Å². The van der Waals surface area contributed by atoms with Gasteiger partial charge in [0.2, 0.25) is 35.4 Å². The highest BCUT2D eigenvalue weighted by Crippen LogP contribution is 2.04. The van der Waals surface area contributed by atoms with E-state index in [1.165, 1.54) is 12.5 Å². The second kappa shape index (κ2) is 14.0. The number of aliphatic carboxylic acids is 1. The average molecular weight is 511 g/mol. The highest BCUT2D eigenvalue weighted by Gasteiger charge is 2.31. The van der Waals surface area contributed by atoms with E-state index in [1.807, 2.05) is 0 Å². The molecule has 13 N–H and O–H groups in total. The quantitative estimate of drug-likeness (QED) is 0.102. The molecule has 4 unspecified atom stereocenters. The van der Waals surface area contributed by atoms with Crippen LogP contribution in [-0.4, -0.2) is 80.7 Å². The Kier molecular flexibility index (Phi) is 11.5. The van der Waals surface area contributed by atoms with E-state index in [9.17, 15) is 38.7 Å². The molecular weight excluding hydrogens is 482 g/mol. The van der Waals surface area contributed by atoms with Crippen molar-refractivity contribution < 1.29 is 38.7 Å². The Bertz CT molecular complexity index is 982. The van der Waals surface area contributed by atoms with Crippen LogP contribution >= 0.6 is 0 Å². The van der Waals surface area contributed by atoms with E-state index < -0.39 is 78.4 Å². The van der Waals surface area contributed by atoms with E-state index in [4.69, 9.17) is 22.9 Å². The first-order chi connectivity index (χ1) is 16.8. The number of H-pyrrole nitrogens is 1. The van der Waals surface area contributed by atoms with Gasteiger partial charge < -0.3 is 49.0 Å². The van der Waals surface area contributed by atoms with Gasteiger partial charge in [0.25, 0.3) is 0 Å². The lowest BCUT2D eigenvalue weighted by Crippen LogP contribution is -2.58. The summed E-state index contributed by atoms with van der Waals surface area (Å²) in [6.07, 6.45) is 0.538. The zero-order valence-electron chi connectivity index (χ0n) is 19.1. The van der Waals surface area contributed by atoms with Gasteiger partial charge in [0.15, 0.2) is 0 Å². The van der Waals surface area contributed by atoms with E-state index in [0.717, 1.165) is 0 Å². The topological polar surface area (TPSA) is 309 Å². The minimum atomic E-state index is -1.63. The number of aromatic nitrogens is 2. The average Bonchev–Trinajstić information content (AvgIpc) is 3.27. The number of nitrogens with one attached hydrogen (secondary N) is 4. The number of rotatable bonds is 16. The number of nitrogens with two attached hydrogens (primary N) is 4. The molecule has 198 valence electrons. The standard InChI is InChI=1S/C19H29N9O8/c20-9(4-14(22)30)16(32)26-10(1-2-13(21)29)17(33)27-11(5-15(23)31)18(34)28-12(19(35)36)3-8-6-24-7-25-8/h6-7,9-12H,1-5,20H2,(H2,21,29)(H2,22,30)(H2,23,31)(H,24,25)(H,26,32)(H,27,33)(H,28,34)(H,35,36). The van der Waals surface area contributed by atoms with E-state index in [-0.39, 0.29) is 19.3 Å². The number of hydrogen-bond acceptors (Lipinski definition) is 9. The van der Waals surface area contributed by atoms with E-state index >= 15 is 0 Å². The molecule has 0 aliphatic carbocycles. The normalized spacial score (nSPS) is 13.9. The maximum Gasteiger partial charge on any atom is 0.326 e. The summed E-state index contributed by atoms with van der Waals surface area (Å²) in [5.41, 5.74) is 21.2. The number of amides is 6. The van der Waals surface area contributed by atoms with E-state index in [1.54, 1.807) is 0 Å². The summed E-state index contributed by atoms with van der Waals surface area (Å²) >= 11 is 0. The van der Waals surface area contributed by atoms with Gasteiger partial charge >= 0.3 is 5.97 Å². The van der Waals surface area contributed by atoms with Crippen LogP contribution in [0.5, 0.6) is 0 Å². The van der Waals surface area contributed by atoms with Crippen LogP contribution in [0, 0.1) is 0 Å². The molecule has 6 amide bonds. The fraction of sp³-hybridized carbons (Fsp3) is 0.474. The van der Waals surface area contributed by atoms with Crippen LogP contribution in [0.2, 0.25) is 0 Å². The number of carboxylic acid groups (broad SMARTS) is 1. The Hall–Kier alpha value is -4.54. The van der Waals surface area contributed by atoms with Gasteiger partial charge in [-0.25, -0.2) is 9.78 Å². The lowest BCUT2D eigenvalue weighted by molar-refractivity contribution is -0.142. The van der Waals surface area contributed by atoms with Gasteiger partial charge in [0.1, 0.15) is 18.1 Å². The first-order valence-corrected chi connectivity index (χ1v) is 10.5. The summed E-state index contributed by atoms with van der Waals surface area (Å²) in [6.45, 7) is 0. The lowest BCUT2D eigenvalue weighted by atomic mass is 10.1. The Balaban J connectivity index is 3.02. The predicted octanol–water partition coefficient (Wildman–Crippen LogP) is -5.17. The molecule has 0 radical (unpaired) electrons. The molecule has 1 rings (SSSR count). The van der Waals surface area contributed by atoms with Crippen molar-refractivity contribution in [1.29, 1.82) is 0 Å². The molecule has 0 aromatic carbocycles. The van der Waals surface area contributed by atoms with Gasteiger partial charge in [0, 0.05) is 24.7 Å². The summed E-state index contributed by atoms with van der Waals surface area (Å²) in [7, 11) is 0. The van der Waals surface area contributed by atoms with Crippen LogP contribution in [0.1, 0.15) is 31.4 Å². The number of carbonyl (C=O) groups excluding carboxylic acids is 6. The van der Waals surface area contributed by atoms with Gasteiger partial charge in [-0.3, -0.25) is 28.8 Å². The lowest BCUT2D eigenvalue weighted by Gasteiger charge is -2.24. The summed E-state index contributed by atoms with van der Waals surface area (Å²) in [4.78, 5) is 89.5. The molecule has 0 saturated heterocycles. The van der Waals surface area contributed by atoms with Crippen LogP contribution in [-0.2, 0) is 40.0 Å². The van der Waals surface area contributed by atoms with Crippen molar-refractivity contribution in [3.05, 3.63) is 18.2 Å². The molecule has 1 aromatic rings. The molecular formula is C19H29N9O8. The molecule has 0 saturated carbocycles. The highest BCUT2D eigenvalue weighted by molar-refractivity contribution is 5.96. The molecule has 1 aromatic heterocycles. The van der Waals surface area contributed by atoms with Crippen LogP contribution in [0.4, 0.5) is 0 Å². The zero-order valence-corrected chi connectivity index (χ0v) is 19.1. The van der Waals surface area contributed by atoms with Crippen molar-refractivity contribution >= 4 is 41.4 Å². The number of aromatic amines is 1. The molecule has 0 bridgehead atoms. The van der Waals surface area contributed by atoms with Crippen LogP contribution in [0.3, 0.4) is 0 Å². The molecule has 0 aliphatic heterocycles. The highest BCUT2D eigenvalue weighted by atomic mass is 16.4. The summed E-state index contributed by atoms with van der Waals surface area (Å²) in [5.74, 6) is -7.14. The molecule has 4 atom stereocenters. The Morgan fingerprint density at radius 1 is 0.833 bits per heavy atom. The van der Waals surface area contributed by atoms with Crippen molar-refractivity contribution in [2.45, 2.75) is 56.3 Å². The maximum absolute atomic E-state index is 12.8. The number of imidazole rings is 1.